The second-order valence-electron chi connectivity index (χ2n) is 16.0. The molecule has 10 atom stereocenters. The SMILES string of the molecule is CC[C@H]1OC(=O)/C(C)=C(/OC/C=C/c2cnc3ccccc3c2)[C@H](C)[C@@H](O[C@@H]2O[C@H](C)C[C@H](N(C)C)[C@H]2OC(C)=O)[C@](C)(OC)C[C@@H](C)C(=O)/C(C)=C/[C@]1(C)O. The van der Waals surface area contributed by atoms with Gasteiger partial charge in [-0.3, -0.25) is 14.6 Å². The predicted molar refractivity (Wildman–Crippen MR) is 214 cm³/mol. The molecular formula is C44H62N2O10. The zero-order chi connectivity index (χ0) is 41.5. The number of carbonyl (C=O) groups is 3. The number of pyridine rings is 1. The fourth-order valence-electron chi connectivity index (χ4n) is 8.05. The summed E-state index contributed by atoms with van der Waals surface area (Å²) in [6, 6.07) is 9.64. The highest BCUT2D eigenvalue weighted by atomic mass is 16.7. The Morgan fingerprint density at radius 3 is 2.46 bits per heavy atom. The quantitative estimate of drug-likeness (QED) is 0.260. The first-order chi connectivity index (χ1) is 26.3. The van der Waals surface area contributed by atoms with Crippen molar-refractivity contribution in [3.63, 3.8) is 0 Å². The number of ketones is 1. The molecule has 1 aromatic carbocycles. The molecule has 2 aliphatic heterocycles. The van der Waals surface area contributed by atoms with E-state index < -0.39 is 59.6 Å². The van der Waals surface area contributed by atoms with E-state index in [2.05, 4.69) is 4.98 Å². The summed E-state index contributed by atoms with van der Waals surface area (Å²) in [4.78, 5) is 47.1. The molecule has 0 bridgehead atoms. The highest BCUT2D eigenvalue weighted by Crippen LogP contribution is 2.40. The van der Waals surface area contributed by atoms with Gasteiger partial charge < -0.3 is 38.4 Å². The molecule has 0 radical (unpaired) electrons. The third kappa shape index (κ3) is 10.7. The van der Waals surface area contributed by atoms with Crippen molar-refractivity contribution < 1.29 is 47.9 Å². The molecule has 4 rings (SSSR count). The van der Waals surface area contributed by atoms with Crippen molar-refractivity contribution in [2.75, 3.05) is 27.8 Å². The molecule has 12 heteroatoms. The molecule has 0 spiro atoms. The van der Waals surface area contributed by atoms with Crippen LogP contribution < -0.4 is 0 Å². The summed E-state index contributed by atoms with van der Waals surface area (Å²) in [6.07, 6.45) is 4.01. The number of fused-ring (bicyclic) bond motifs is 1. The van der Waals surface area contributed by atoms with Gasteiger partial charge in [-0.25, -0.2) is 4.79 Å². The van der Waals surface area contributed by atoms with Crippen LogP contribution in [0.15, 0.2) is 65.6 Å². The van der Waals surface area contributed by atoms with E-state index in [0.29, 0.717) is 12.0 Å². The number of Topliss-reactive ketones (excluding diaryl/α,β-unsaturated/α-hetero) is 1. The second-order valence-corrected chi connectivity index (χ2v) is 16.0. The molecule has 3 heterocycles. The molecule has 0 unspecified atom stereocenters. The minimum atomic E-state index is -1.64. The molecule has 2 aliphatic rings. The molecule has 1 N–H and O–H groups in total. The summed E-state index contributed by atoms with van der Waals surface area (Å²) in [5, 5.41) is 12.6. The lowest BCUT2D eigenvalue weighted by Gasteiger charge is -2.47. The average molecular weight is 779 g/mol. The molecule has 308 valence electrons. The molecule has 2 aromatic rings. The molecule has 1 aromatic heterocycles. The van der Waals surface area contributed by atoms with Gasteiger partial charge in [-0.15, -0.1) is 0 Å². The maximum atomic E-state index is 14.1. The lowest BCUT2D eigenvalue weighted by molar-refractivity contribution is -0.298. The number of para-hydroxylation sites is 1. The molecule has 0 amide bonds. The van der Waals surface area contributed by atoms with Crippen molar-refractivity contribution in [1.82, 2.24) is 9.88 Å². The third-order valence-electron chi connectivity index (χ3n) is 11.0. The van der Waals surface area contributed by atoms with Crippen molar-refractivity contribution in [3.05, 3.63) is 71.1 Å². The van der Waals surface area contributed by atoms with Crippen molar-refractivity contribution in [2.45, 2.75) is 130 Å². The minimum Gasteiger partial charge on any atom is -0.493 e. The number of nitrogens with zero attached hydrogens (tertiary/aromatic N) is 2. The Labute approximate surface area is 332 Å². The van der Waals surface area contributed by atoms with Crippen LogP contribution in [0.5, 0.6) is 0 Å². The number of likely N-dealkylation sites (N-methyl/N-ethyl adjacent to an activating group) is 1. The van der Waals surface area contributed by atoms with Crippen LogP contribution >= 0.6 is 0 Å². The zero-order valence-electron chi connectivity index (χ0n) is 35.2. The number of cyclic esters (lactones) is 1. The first-order valence-electron chi connectivity index (χ1n) is 19.5. The maximum Gasteiger partial charge on any atom is 0.337 e. The number of aliphatic hydroxyl groups is 1. The van der Waals surface area contributed by atoms with Crippen LogP contribution in [0.1, 0.15) is 87.1 Å². The first-order valence-corrected chi connectivity index (χ1v) is 19.5. The van der Waals surface area contributed by atoms with E-state index in [-0.39, 0.29) is 48.7 Å². The summed E-state index contributed by atoms with van der Waals surface area (Å²) < 4.78 is 38.1. The largest absolute Gasteiger partial charge is 0.493 e. The molecule has 0 saturated carbocycles. The predicted octanol–water partition coefficient (Wildman–Crippen LogP) is 6.59. The normalized spacial score (nSPS) is 34.9. The van der Waals surface area contributed by atoms with Gasteiger partial charge in [0.25, 0.3) is 0 Å². The molecule has 56 heavy (non-hydrogen) atoms. The number of rotatable bonds is 10. The van der Waals surface area contributed by atoms with Crippen LogP contribution in [-0.2, 0) is 42.8 Å². The summed E-state index contributed by atoms with van der Waals surface area (Å²) in [5.74, 6) is -2.44. The number of hydrogen-bond donors (Lipinski definition) is 1. The number of methoxy groups -OCH3 is 1. The smallest absolute Gasteiger partial charge is 0.337 e. The lowest BCUT2D eigenvalue weighted by atomic mass is 9.78. The van der Waals surface area contributed by atoms with Gasteiger partial charge >= 0.3 is 11.9 Å². The van der Waals surface area contributed by atoms with Gasteiger partial charge in [0.1, 0.15) is 24.1 Å². The highest BCUT2D eigenvalue weighted by molar-refractivity contribution is 5.96. The van der Waals surface area contributed by atoms with E-state index in [9.17, 15) is 19.5 Å². The van der Waals surface area contributed by atoms with Gasteiger partial charge in [0.05, 0.1) is 34.9 Å². The fraction of sp³-hybridized carbons (Fsp3) is 0.591. The molecule has 1 fully saturated rings. The summed E-state index contributed by atoms with van der Waals surface area (Å²) >= 11 is 0. The topological polar surface area (TPSA) is 143 Å². The Bertz CT molecular complexity index is 1800. The van der Waals surface area contributed by atoms with Crippen molar-refractivity contribution in [2.24, 2.45) is 11.8 Å². The Morgan fingerprint density at radius 2 is 1.82 bits per heavy atom. The highest BCUT2D eigenvalue weighted by Gasteiger charge is 2.50. The van der Waals surface area contributed by atoms with Gasteiger partial charge in [0.2, 0.25) is 0 Å². The van der Waals surface area contributed by atoms with Crippen LogP contribution in [-0.4, -0.2) is 108 Å². The number of aromatic nitrogens is 1. The first kappa shape index (κ1) is 44.8. The molecular weight excluding hydrogens is 716 g/mol. The van der Waals surface area contributed by atoms with Crippen molar-refractivity contribution >= 4 is 34.7 Å². The number of ether oxygens (including phenoxy) is 6. The van der Waals surface area contributed by atoms with E-state index >= 15 is 0 Å². The second kappa shape index (κ2) is 19.0. The van der Waals surface area contributed by atoms with Crippen molar-refractivity contribution in [1.29, 1.82) is 0 Å². The minimum absolute atomic E-state index is 0.0645. The number of benzene rings is 1. The van der Waals surface area contributed by atoms with Gasteiger partial charge in [-0.05, 0) is 103 Å². The molecule has 0 aliphatic carbocycles. The lowest BCUT2D eigenvalue weighted by Crippen LogP contribution is -2.59. The number of allylic oxidation sites excluding steroid dienone is 1. The Hall–Kier alpha value is -3.94. The van der Waals surface area contributed by atoms with Gasteiger partial charge in [-0.1, -0.05) is 45.0 Å². The van der Waals surface area contributed by atoms with Gasteiger partial charge in [-0.2, -0.15) is 0 Å². The van der Waals surface area contributed by atoms with E-state index in [0.717, 1.165) is 16.5 Å². The summed E-state index contributed by atoms with van der Waals surface area (Å²) in [7, 11) is 5.37. The molecule has 1 saturated heterocycles. The van der Waals surface area contributed by atoms with Crippen LogP contribution in [0.3, 0.4) is 0 Å². The van der Waals surface area contributed by atoms with Crippen LogP contribution in [0.25, 0.3) is 17.0 Å². The Morgan fingerprint density at radius 1 is 1.12 bits per heavy atom. The van der Waals surface area contributed by atoms with E-state index in [1.165, 1.54) is 19.9 Å². The van der Waals surface area contributed by atoms with E-state index in [1.54, 1.807) is 34.1 Å². The van der Waals surface area contributed by atoms with Gasteiger partial charge in [0.15, 0.2) is 18.2 Å². The zero-order valence-corrected chi connectivity index (χ0v) is 35.2. The van der Waals surface area contributed by atoms with Crippen LogP contribution in [0.4, 0.5) is 0 Å². The monoisotopic (exact) mass is 778 g/mol. The third-order valence-corrected chi connectivity index (χ3v) is 11.0. The Balaban J connectivity index is 1.85. The Kier molecular flexibility index (Phi) is 15.2. The number of hydrogen-bond acceptors (Lipinski definition) is 12. The van der Waals surface area contributed by atoms with Crippen LogP contribution in [0, 0.1) is 11.8 Å². The average Bonchev–Trinajstić information content (AvgIpc) is 3.14. The number of esters is 2. The van der Waals surface area contributed by atoms with E-state index in [4.69, 9.17) is 28.4 Å². The standard InChI is InChI=1S/C44H62N2O10/c1-13-36-43(8,50)23-26(2)37(48)27(3)24-44(9,51-12)40(56-42-39(54-31(7)47)35(46(10)11)21-28(4)53-42)29(5)38(30(6)41(49)55-36)52-20-16-17-32-22-33-18-14-15-19-34(33)45-25-32/h14-19,22-23,25,27-29,35-36,39-40,42,50H,13,20-21,24H2,1-12H3/b17-16+,26-23+,38-30+/t27-,28-,29+,35+,36-,39-,40-,42+,43+,44-/m1/s1. The molecule has 12 nitrogen and oxygen atoms in total. The van der Waals surface area contributed by atoms with Gasteiger partial charge in [0, 0.05) is 37.5 Å². The maximum absolute atomic E-state index is 14.1. The summed E-state index contributed by atoms with van der Waals surface area (Å²) in [5.41, 5.74) is -0.585. The van der Waals surface area contributed by atoms with Crippen molar-refractivity contribution in [3.8, 4) is 0 Å². The van der Waals surface area contributed by atoms with E-state index in [1.807, 2.05) is 89.2 Å². The van der Waals surface area contributed by atoms with Crippen LogP contribution in [0.2, 0.25) is 0 Å². The summed E-state index contributed by atoms with van der Waals surface area (Å²) in [6.45, 7) is 15.5. The fourth-order valence-corrected chi connectivity index (χ4v) is 8.05. The number of carbonyl (C=O) groups excluding carboxylic acids is 3.